The van der Waals surface area contributed by atoms with Gasteiger partial charge in [0.25, 0.3) is 0 Å². The molecule has 1 saturated heterocycles. The lowest BCUT2D eigenvalue weighted by Gasteiger charge is -2.33. The number of nitrogens with one attached hydrogen (secondary N) is 1. The van der Waals surface area contributed by atoms with Crippen LogP contribution in [0.25, 0.3) is 0 Å². The highest BCUT2D eigenvalue weighted by molar-refractivity contribution is 7.88. The molecule has 2 aliphatic rings. The van der Waals surface area contributed by atoms with E-state index >= 15 is 0 Å². The molecule has 7 heteroatoms. The van der Waals surface area contributed by atoms with Crippen molar-refractivity contribution in [2.45, 2.75) is 19.0 Å². The Balaban J connectivity index is 2.02. The van der Waals surface area contributed by atoms with Crippen LogP contribution in [0.15, 0.2) is 28.7 Å². The van der Waals surface area contributed by atoms with Gasteiger partial charge in [-0.25, -0.2) is 0 Å². The third-order valence-electron chi connectivity index (χ3n) is 3.11. The van der Waals surface area contributed by atoms with Crippen LogP contribution in [-0.4, -0.2) is 25.7 Å². The second-order valence-corrected chi connectivity index (χ2v) is 6.16. The van der Waals surface area contributed by atoms with E-state index in [0.717, 1.165) is 18.5 Å². The second-order valence-electron chi connectivity index (χ2n) is 4.35. The molecular weight excluding hydrogens is 274 g/mol. The third-order valence-corrected chi connectivity index (χ3v) is 4.34. The van der Waals surface area contributed by atoms with E-state index in [1.807, 2.05) is 17.0 Å². The number of benzene rings is 1. The molecule has 0 amide bonds. The van der Waals surface area contributed by atoms with E-state index in [0.29, 0.717) is 17.3 Å². The van der Waals surface area contributed by atoms with Gasteiger partial charge in [0.2, 0.25) is 0 Å². The van der Waals surface area contributed by atoms with Crippen LogP contribution in [0.1, 0.15) is 24.6 Å². The molecule has 0 radical (unpaired) electrons. The molecule has 3 rings (SSSR count). The van der Waals surface area contributed by atoms with E-state index in [2.05, 4.69) is 9.12 Å². The highest BCUT2D eigenvalue weighted by Crippen LogP contribution is 2.29. The smallest absolute Gasteiger partial charge is 0.323 e. The van der Waals surface area contributed by atoms with Crippen molar-refractivity contribution >= 4 is 27.6 Å². The Morgan fingerprint density at radius 3 is 2.78 bits per heavy atom. The molecule has 1 aromatic carbocycles. The Labute approximate surface area is 111 Å². The average molecular weight is 286 g/mol. The molecule has 0 aromatic heterocycles. The van der Waals surface area contributed by atoms with Gasteiger partial charge in [0.15, 0.2) is 0 Å². The highest BCUT2D eigenvalue weighted by Gasteiger charge is 2.35. The summed E-state index contributed by atoms with van der Waals surface area (Å²) < 4.78 is 29.7. The van der Waals surface area contributed by atoms with E-state index in [9.17, 15) is 8.42 Å². The van der Waals surface area contributed by atoms with Crippen molar-refractivity contribution in [3.05, 3.63) is 34.9 Å². The molecule has 1 aromatic rings. The molecule has 1 atom stereocenters. The summed E-state index contributed by atoms with van der Waals surface area (Å²) in [5.74, 6) is 0.647. The van der Waals surface area contributed by atoms with E-state index in [1.165, 1.54) is 0 Å². The maximum absolute atomic E-state index is 11.7. The Morgan fingerprint density at radius 2 is 2.06 bits per heavy atom. The average Bonchev–Trinajstić information content (AvgIpc) is 2.75. The first-order chi connectivity index (χ1) is 8.55. The van der Waals surface area contributed by atoms with Crippen molar-refractivity contribution in [1.82, 2.24) is 9.62 Å². The Hall–Kier alpha value is -1.11. The molecule has 0 unspecified atom stereocenters. The Bertz CT molecular complexity index is 597. The van der Waals surface area contributed by atoms with Crippen LogP contribution in [0.2, 0.25) is 5.02 Å². The summed E-state index contributed by atoms with van der Waals surface area (Å²) in [4.78, 5) is 1.99. The van der Waals surface area contributed by atoms with Crippen LogP contribution in [0.3, 0.4) is 0 Å². The monoisotopic (exact) mass is 285 g/mol. The summed E-state index contributed by atoms with van der Waals surface area (Å²) in [5, 5.41) is 0.632. The summed E-state index contributed by atoms with van der Waals surface area (Å²) in [6.45, 7) is 0.814. The molecule has 1 N–H and O–H groups in total. The second kappa shape index (κ2) is 4.22. The fraction of sp³-hybridized carbons (Fsp3) is 0.364. The minimum absolute atomic E-state index is 0.373. The van der Waals surface area contributed by atoms with E-state index in [1.54, 1.807) is 12.1 Å². The first kappa shape index (κ1) is 12.0. The van der Waals surface area contributed by atoms with Gasteiger partial charge < -0.3 is 4.90 Å². The van der Waals surface area contributed by atoms with Crippen molar-refractivity contribution in [2.24, 2.45) is 4.40 Å². The number of amidine groups is 1. The van der Waals surface area contributed by atoms with Gasteiger partial charge in [0.1, 0.15) is 12.0 Å². The van der Waals surface area contributed by atoms with Gasteiger partial charge in [-0.3, -0.25) is 0 Å². The molecule has 0 spiro atoms. The summed E-state index contributed by atoms with van der Waals surface area (Å²) >= 11 is 5.84. The normalized spacial score (nSPS) is 25.7. The van der Waals surface area contributed by atoms with Crippen molar-refractivity contribution in [1.29, 1.82) is 0 Å². The number of nitrogens with zero attached hydrogens (tertiary/aromatic N) is 2. The zero-order valence-corrected chi connectivity index (χ0v) is 11.1. The summed E-state index contributed by atoms with van der Waals surface area (Å²) in [6, 6.07) is 7.17. The van der Waals surface area contributed by atoms with Gasteiger partial charge in [-0.2, -0.15) is 13.1 Å². The van der Waals surface area contributed by atoms with Crippen molar-refractivity contribution in [3.8, 4) is 0 Å². The van der Waals surface area contributed by atoms with E-state index < -0.39 is 10.2 Å². The van der Waals surface area contributed by atoms with Crippen LogP contribution in [0.5, 0.6) is 0 Å². The lowest BCUT2D eigenvalue weighted by Crippen LogP contribution is -2.45. The zero-order chi connectivity index (χ0) is 12.8. The molecule has 96 valence electrons. The summed E-state index contributed by atoms with van der Waals surface area (Å²) in [6.07, 6.45) is 1.27. The van der Waals surface area contributed by atoms with Gasteiger partial charge >= 0.3 is 10.2 Å². The number of hydrogen-bond acceptors (Lipinski definition) is 3. The summed E-state index contributed by atoms with van der Waals surface area (Å²) in [5.41, 5.74) is 0.872. The van der Waals surface area contributed by atoms with Gasteiger partial charge in [-0.15, -0.1) is 4.40 Å². The number of rotatable bonds is 1. The fourth-order valence-corrected chi connectivity index (χ4v) is 3.52. The largest absolute Gasteiger partial charge is 0.339 e. The van der Waals surface area contributed by atoms with Gasteiger partial charge in [0, 0.05) is 18.0 Å². The first-order valence-electron chi connectivity index (χ1n) is 5.68. The number of halogens is 1. The minimum atomic E-state index is -3.58. The van der Waals surface area contributed by atoms with Crippen LogP contribution in [-0.2, 0) is 10.2 Å². The maximum Gasteiger partial charge on any atom is 0.323 e. The maximum atomic E-state index is 11.7. The molecule has 0 bridgehead atoms. The van der Waals surface area contributed by atoms with Gasteiger partial charge in [0.05, 0.1) is 0 Å². The van der Waals surface area contributed by atoms with E-state index in [4.69, 9.17) is 11.6 Å². The lowest BCUT2D eigenvalue weighted by atomic mass is 10.1. The van der Waals surface area contributed by atoms with Crippen molar-refractivity contribution in [2.75, 3.05) is 6.54 Å². The Morgan fingerprint density at radius 1 is 1.33 bits per heavy atom. The first-order valence-corrected chi connectivity index (χ1v) is 7.50. The quantitative estimate of drug-likeness (QED) is 0.854. The minimum Gasteiger partial charge on any atom is -0.339 e. The number of hydrogen-bond donors (Lipinski definition) is 1. The predicted octanol–water partition coefficient (Wildman–Crippen LogP) is 1.68. The van der Waals surface area contributed by atoms with Crippen LogP contribution < -0.4 is 4.72 Å². The summed E-state index contributed by atoms with van der Waals surface area (Å²) in [7, 11) is -3.58. The SMILES string of the molecule is O=S1(=O)N=C2CCCN2[C@@H](c2ccc(Cl)cc2)N1. The zero-order valence-electron chi connectivity index (χ0n) is 9.51. The fourth-order valence-electron chi connectivity index (χ4n) is 2.32. The third kappa shape index (κ3) is 2.11. The number of fused-ring (bicyclic) bond motifs is 1. The molecule has 5 nitrogen and oxygen atoms in total. The molecule has 2 aliphatic heterocycles. The van der Waals surface area contributed by atoms with Crippen molar-refractivity contribution in [3.63, 3.8) is 0 Å². The molecule has 1 fully saturated rings. The van der Waals surface area contributed by atoms with Gasteiger partial charge in [-0.05, 0) is 24.1 Å². The van der Waals surface area contributed by atoms with Crippen molar-refractivity contribution < 1.29 is 8.42 Å². The Kier molecular flexibility index (Phi) is 2.80. The molecular formula is C11H12ClN3O2S. The van der Waals surface area contributed by atoms with Crippen LogP contribution in [0, 0.1) is 0 Å². The van der Waals surface area contributed by atoms with Crippen LogP contribution >= 0.6 is 11.6 Å². The van der Waals surface area contributed by atoms with Crippen LogP contribution in [0.4, 0.5) is 0 Å². The predicted molar refractivity (Wildman–Crippen MR) is 69.6 cm³/mol. The lowest BCUT2D eigenvalue weighted by molar-refractivity contribution is 0.316. The molecule has 18 heavy (non-hydrogen) atoms. The molecule has 0 saturated carbocycles. The molecule has 2 heterocycles. The van der Waals surface area contributed by atoms with E-state index in [-0.39, 0.29) is 6.17 Å². The molecule has 0 aliphatic carbocycles. The topological polar surface area (TPSA) is 61.8 Å². The highest BCUT2D eigenvalue weighted by atomic mass is 35.5. The van der Waals surface area contributed by atoms with Gasteiger partial charge in [-0.1, -0.05) is 23.7 Å². The standard InChI is InChI=1S/C11H12ClN3O2S/c12-9-5-3-8(4-6-9)11-14-18(16,17)13-10-2-1-7-15(10)11/h3-6,11,14H,1-2,7H2/t11-/m0/s1.